The summed E-state index contributed by atoms with van der Waals surface area (Å²) < 4.78 is 6.78. The van der Waals surface area contributed by atoms with Crippen LogP contribution >= 0.6 is 0 Å². The Morgan fingerprint density at radius 2 is 1.86 bits per heavy atom. The molecule has 0 bridgehead atoms. The molecule has 0 saturated heterocycles. The standard InChI is InChI=1S/C27H26N6O2/c1-3-4-8-21-12-27(34)33(26(32-21)13-25-30-16-22(35-2)17-31-25)18-19-10-11-24(29-15-19)23-9-6-5-7-20(23)14-28/h5-7,9-12,15-17H,3-4,8,13,18H2,1-2H3. The average molecular weight is 467 g/mol. The first kappa shape index (κ1) is 23.8. The number of benzene rings is 1. The largest absolute Gasteiger partial charge is 0.494 e. The van der Waals surface area contributed by atoms with Gasteiger partial charge in [0, 0.05) is 23.5 Å². The van der Waals surface area contributed by atoms with Crippen LogP contribution in [-0.2, 0) is 19.4 Å². The molecule has 0 amide bonds. The molecular formula is C27H26N6O2. The normalized spacial score (nSPS) is 10.7. The summed E-state index contributed by atoms with van der Waals surface area (Å²) in [5, 5.41) is 9.38. The van der Waals surface area contributed by atoms with Gasteiger partial charge in [0.25, 0.3) is 5.56 Å². The smallest absolute Gasteiger partial charge is 0.254 e. The molecule has 0 atom stereocenters. The van der Waals surface area contributed by atoms with Gasteiger partial charge in [-0.2, -0.15) is 5.26 Å². The number of hydrogen-bond donors (Lipinski definition) is 0. The Balaban J connectivity index is 1.65. The van der Waals surface area contributed by atoms with Crippen molar-refractivity contribution in [3.63, 3.8) is 0 Å². The lowest BCUT2D eigenvalue weighted by Gasteiger charge is -2.14. The highest BCUT2D eigenvalue weighted by Crippen LogP contribution is 2.21. The van der Waals surface area contributed by atoms with E-state index < -0.39 is 0 Å². The molecule has 4 rings (SSSR count). The molecule has 0 unspecified atom stereocenters. The van der Waals surface area contributed by atoms with Crippen LogP contribution in [0.25, 0.3) is 11.3 Å². The summed E-state index contributed by atoms with van der Waals surface area (Å²) in [4.78, 5) is 31.1. The van der Waals surface area contributed by atoms with E-state index in [1.165, 1.54) is 0 Å². The highest BCUT2D eigenvalue weighted by molar-refractivity contribution is 5.67. The highest BCUT2D eigenvalue weighted by atomic mass is 16.5. The lowest BCUT2D eigenvalue weighted by molar-refractivity contribution is 0.410. The number of nitrogens with zero attached hydrogens (tertiary/aromatic N) is 6. The second kappa shape index (κ2) is 11.2. The Labute approximate surface area is 203 Å². The zero-order chi connectivity index (χ0) is 24.6. The van der Waals surface area contributed by atoms with Crippen LogP contribution in [0.1, 0.15) is 48.2 Å². The van der Waals surface area contributed by atoms with Crippen molar-refractivity contribution in [1.82, 2.24) is 24.5 Å². The Bertz CT molecular complexity index is 1390. The van der Waals surface area contributed by atoms with Gasteiger partial charge in [0.15, 0.2) is 5.75 Å². The predicted octanol–water partition coefficient (Wildman–Crippen LogP) is 3.96. The molecule has 0 aliphatic rings. The van der Waals surface area contributed by atoms with Gasteiger partial charge in [0.05, 0.1) is 49.8 Å². The van der Waals surface area contributed by atoms with E-state index in [4.69, 9.17) is 9.72 Å². The van der Waals surface area contributed by atoms with Crippen LogP contribution in [0.3, 0.4) is 0 Å². The molecule has 35 heavy (non-hydrogen) atoms. The molecule has 8 nitrogen and oxygen atoms in total. The average Bonchev–Trinajstić information content (AvgIpc) is 2.90. The van der Waals surface area contributed by atoms with E-state index in [2.05, 4.69) is 27.9 Å². The summed E-state index contributed by atoms with van der Waals surface area (Å²) in [5.74, 6) is 1.73. The van der Waals surface area contributed by atoms with Gasteiger partial charge < -0.3 is 4.74 Å². The van der Waals surface area contributed by atoms with E-state index in [1.807, 2.05) is 30.3 Å². The molecule has 0 spiro atoms. The van der Waals surface area contributed by atoms with E-state index in [1.54, 1.807) is 42.4 Å². The van der Waals surface area contributed by atoms with Crippen LogP contribution in [0.5, 0.6) is 5.75 Å². The minimum absolute atomic E-state index is 0.117. The van der Waals surface area contributed by atoms with Crippen molar-refractivity contribution in [2.75, 3.05) is 7.11 Å². The summed E-state index contributed by atoms with van der Waals surface area (Å²) >= 11 is 0. The second-order valence-corrected chi connectivity index (χ2v) is 8.12. The molecule has 1 aromatic carbocycles. The van der Waals surface area contributed by atoms with Crippen molar-refractivity contribution in [3.8, 4) is 23.1 Å². The minimum Gasteiger partial charge on any atom is -0.494 e. The quantitative estimate of drug-likeness (QED) is 0.367. The van der Waals surface area contributed by atoms with Crippen LogP contribution in [-0.4, -0.2) is 31.6 Å². The molecule has 0 N–H and O–H groups in total. The summed E-state index contributed by atoms with van der Waals surface area (Å²) in [6, 6.07) is 14.9. The first-order valence-corrected chi connectivity index (χ1v) is 11.5. The van der Waals surface area contributed by atoms with Crippen LogP contribution < -0.4 is 10.3 Å². The molecule has 8 heteroatoms. The molecule has 4 aromatic rings. The van der Waals surface area contributed by atoms with Crippen LogP contribution in [0.2, 0.25) is 0 Å². The maximum Gasteiger partial charge on any atom is 0.254 e. The van der Waals surface area contributed by atoms with Gasteiger partial charge in [-0.3, -0.25) is 14.3 Å². The van der Waals surface area contributed by atoms with Crippen molar-refractivity contribution in [3.05, 3.63) is 99.9 Å². The van der Waals surface area contributed by atoms with Gasteiger partial charge in [-0.25, -0.2) is 15.0 Å². The van der Waals surface area contributed by atoms with Crippen LogP contribution in [0, 0.1) is 11.3 Å². The Hall–Kier alpha value is -4.38. The monoisotopic (exact) mass is 466 g/mol. The van der Waals surface area contributed by atoms with Gasteiger partial charge >= 0.3 is 0 Å². The lowest BCUT2D eigenvalue weighted by atomic mass is 10.0. The Kier molecular flexibility index (Phi) is 7.58. The molecule has 0 radical (unpaired) electrons. The van der Waals surface area contributed by atoms with Crippen LogP contribution in [0.4, 0.5) is 0 Å². The topological polar surface area (TPSA) is 107 Å². The molecule has 0 fully saturated rings. The van der Waals surface area contributed by atoms with E-state index in [0.29, 0.717) is 41.6 Å². The first-order chi connectivity index (χ1) is 17.1. The molecule has 3 aromatic heterocycles. The Morgan fingerprint density at radius 1 is 1.06 bits per heavy atom. The third-order valence-electron chi connectivity index (χ3n) is 5.65. The number of nitriles is 1. The van der Waals surface area contributed by atoms with Crippen molar-refractivity contribution >= 4 is 0 Å². The number of aromatic nitrogens is 5. The molecule has 0 saturated carbocycles. The highest BCUT2D eigenvalue weighted by Gasteiger charge is 2.13. The Morgan fingerprint density at radius 3 is 2.54 bits per heavy atom. The third-order valence-corrected chi connectivity index (χ3v) is 5.65. The van der Waals surface area contributed by atoms with Gasteiger partial charge in [0.1, 0.15) is 11.6 Å². The number of pyridine rings is 1. The molecule has 3 heterocycles. The SMILES string of the molecule is CCCCc1cc(=O)n(Cc2ccc(-c3ccccc3C#N)nc2)c(Cc2ncc(OC)cn2)n1. The summed E-state index contributed by atoms with van der Waals surface area (Å²) in [5.41, 5.74) is 3.56. The third kappa shape index (κ3) is 5.76. The van der Waals surface area contributed by atoms with Crippen molar-refractivity contribution in [2.24, 2.45) is 0 Å². The summed E-state index contributed by atoms with van der Waals surface area (Å²) in [7, 11) is 1.56. The maximum absolute atomic E-state index is 13.1. The van der Waals surface area contributed by atoms with Crippen molar-refractivity contribution in [2.45, 2.75) is 39.2 Å². The zero-order valence-corrected chi connectivity index (χ0v) is 19.8. The molecular weight excluding hydrogens is 440 g/mol. The fourth-order valence-electron chi connectivity index (χ4n) is 3.74. The van der Waals surface area contributed by atoms with Gasteiger partial charge in [-0.15, -0.1) is 0 Å². The van der Waals surface area contributed by atoms with E-state index in [-0.39, 0.29) is 5.56 Å². The van der Waals surface area contributed by atoms with Crippen LogP contribution in [0.15, 0.2) is 65.8 Å². The number of ether oxygens (including phenoxy) is 1. The van der Waals surface area contributed by atoms with Gasteiger partial charge in [0.2, 0.25) is 0 Å². The van der Waals surface area contributed by atoms with E-state index in [0.717, 1.165) is 36.1 Å². The fraction of sp³-hybridized carbons (Fsp3) is 0.259. The first-order valence-electron chi connectivity index (χ1n) is 11.5. The van der Waals surface area contributed by atoms with E-state index >= 15 is 0 Å². The number of methoxy groups -OCH3 is 1. The molecule has 0 aliphatic heterocycles. The minimum atomic E-state index is -0.117. The lowest BCUT2D eigenvalue weighted by Crippen LogP contribution is -2.27. The number of unbranched alkanes of at least 4 members (excludes halogenated alkanes) is 1. The predicted molar refractivity (Wildman–Crippen MR) is 132 cm³/mol. The molecule has 0 aliphatic carbocycles. The van der Waals surface area contributed by atoms with Gasteiger partial charge in [-0.1, -0.05) is 37.6 Å². The summed E-state index contributed by atoms with van der Waals surface area (Å²) in [6.45, 7) is 2.43. The van der Waals surface area contributed by atoms with E-state index in [9.17, 15) is 10.1 Å². The second-order valence-electron chi connectivity index (χ2n) is 8.12. The fourth-order valence-corrected chi connectivity index (χ4v) is 3.74. The molecule has 176 valence electrons. The zero-order valence-electron chi connectivity index (χ0n) is 19.8. The number of aryl methyl sites for hydroxylation is 1. The summed E-state index contributed by atoms with van der Waals surface area (Å²) in [6.07, 6.45) is 7.99. The number of rotatable bonds is 9. The number of hydrogen-bond acceptors (Lipinski definition) is 7. The maximum atomic E-state index is 13.1. The van der Waals surface area contributed by atoms with Crippen molar-refractivity contribution < 1.29 is 4.74 Å². The van der Waals surface area contributed by atoms with Crippen molar-refractivity contribution in [1.29, 1.82) is 5.26 Å². The van der Waals surface area contributed by atoms with Gasteiger partial charge in [-0.05, 0) is 30.5 Å².